The molecule has 3 aromatic rings. The van der Waals surface area contributed by atoms with E-state index >= 15 is 0 Å². The molecule has 0 radical (unpaired) electrons. The highest BCUT2D eigenvalue weighted by Gasteiger charge is 2.20. The lowest BCUT2D eigenvalue weighted by Gasteiger charge is -2.18. The quantitative estimate of drug-likeness (QED) is 0.429. The second-order valence-corrected chi connectivity index (χ2v) is 9.39. The van der Waals surface area contributed by atoms with Gasteiger partial charge in [0.2, 0.25) is 0 Å². The first-order valence-corrected chi connectivity index (χ1v) is 12.1. The van der Waals surface area contributed by atoms with Gasteiger partial charge in [-0.25, -0.2) is 8.42 Å². The molecule has 0 fully saturated rings. The van der Waals surface area contributed by atoms with Crippen molar-refractivity contribution in [3.05, 3.63) is 77.3 Å². The van der Waals surface area contributed by atoms with Crippen LogP contribution in [0.3, 0.4) is 0 Å². The van der Waals surface area contributed by atoms with Crippen LogP contribution >= 0.6 is 11.6 Å². The standard InChI is InChI=1S/C24H25ClN2O5S/c1-4-23(32-20-7-5-6-19(15-20)31-3)24(28)26-18-10-12-21(13-11-18)33(29,30)27-22-14-17(25)9-8-16(22)2/h5-15,23,27H,4H2,1-3H3,(H,26,28). The lowest BCUT2D eigenvalue weighted by molar-refractivity contribution is -0.122. The zero-order valence-electron chi connectivity index (χ0n) is 18.5. The smallest absolute Gasteiger partial charge is 0.265 e. The Balaban J connectivity index is 1.68. The molecule has 2 N–H and O–H groups in total. The Morgan fingerprint density at radius 2 is 1.73 bits per heavy atom. The molecule has 3 aromatic carbocycles. The molecule has 1 amide bonds. The number of carbonyl (C=O) groups is 1. The number of aryl methyl sites for hydroxylation is 1. The summed E-state index contributed by atoms with van der Waals surface area (Å²) < 4.78 is 39.0. The maximum Gasteiger partial charge on any atom is 0.265 e. The first-order valence-electron chi connectivity index (χ1n) is 10.2. The van der Waals surface area contributed by atoms with Gasteiger partial charge in [-0.2, -0.15) is 0 Å². The number of amides is 1. The Morgan fingerprint density at radius 1 is 1.03 bits per heavy atom. The maximum atomic E-state index is 12.7. The third kappa shape index (κ3) is 6.40. The molecule has 0 bridgehead atoms. The van der Waals surface area contributed by atoms with Crippen molar-refractivity contribution >= 4 is 38.9 Å². The predicted octanol–water partition coefficient (Wildman–Crippen LogP) is 5.25. The van der Waals surface area contributed by atoms with E-state index in [1.807, 2.05) is 6.92 Å². The molecule has 3 rings (SSSR count). The van der Waals surface area contributed by atoms with Crippen molar-refractivity contribution in [3.63, 3.8) is 0 Å². The highest BCUT2D eigenvalue weighted by molar-refractivity contribution is 7.92. The summed E-state index contributed by atoms with van der Waals surface area (Å²) in [6.45, 7) is 3.62. The lowest BCUT2D eigenvalue weighted by atomic mass is 10.2. The van der Waals surface area contributed by atoms with Crippen LogP contribution in [-0.4, -0.2) is 27.5 Å². The molecular formula is C24H25ClN2O5S. The van der Waals surface area contributed by atoms with Crippen molar-refractivity contribution in [2.24, 2.45) is 0 Å². The van der Waals surface area contributed by atoms with E-state index in [-0.39, 0.29) is 10.8 Å². The molecular weight excluding hydrogens is 464 g/mol. The Bertz CT molecular complexity index is 1230. The number of nitrogens with one attached hydrogen (secondary N) is 2. The minimum Gasteiger partial charge on any atom is -0.497 e. The number of halogens is 1. The average Bonchev–Trinajstić information content (AvgIpc) is 2.80. The van der Waals surface area contributed by atoms with Crippen molar-refractivity contribution in [1.29, 1.82) is 0 Å². The fourth-order valence-corrected chi connectivity index (χ4v) is 4.30. The monoisotopic (exact) mass is 488 g/mol. The van der Waals surface area contributed by atoms with Crippen LogP contribution in [0.1, 0.15) is 18.9 Å². The number of anilines is 2. The summed E-state index contributed by atoms with van der Waals surface area (Å²) in [5.41, 5.74) is 1.60. The molecule has 9 heteroatoms. The second-order valence-electron chi connectivity index (χ2n) is 7.27. The van der Waals surface area contributed by atoms with E-state index in [0.29, 0.717) is 34.3 Å². The maximum absolute atomic E-state index is 12.7. The van der Waals surface area contributed by atoms with Gasteiger partial charge in [-0.1, -0.05) is 30.7 Å². The lowest BCUT2D eigenvalue weighted by Crippen LogP contribution is -2.32. The number of hydrogen-bond acceptors (Lipinski definition) is 5. The van der Waals surface area contributed by atoms with Crippen LogP contribution in [0.4, 0.5) is 11.4 Å². The van der Waals surface area contributed by atoms with Crippen LogP contribution in [0, 0.1) is 6.92 Å². The molecule has 0 aliphatic heterocycles. The fourth-order valence-electron chi connectivity index (χ4n) is 3.01. The van der Waals surface area contributed by atoms with E-state index in [1.165, 1.54) is 24.3 Å². The van der Waals surface area contributed by atoms with Crippen molar-refractivity contribution < 1.29 is 22.7 Å². The van der Waals surface area contributed by atoms with Crippen molar-refractivity contribution in [3.8, 4) is 11.5 Å². The summed E-state index contributed by atoms with van der Waals surface area (Å²) in [5.74, 6) is 0.796. The van der Waals surface area contributed by atoms with Crippen LogP contribution in [0.2, 0.25) is 5.02 Å². The second kappa shape index (κ2) is 10.6. The van der Waals surface area contributed by atoms with E-state index in [2.05, 4.69) is 10.0 Å². The third-order valence-electron chi connectivity index (χ3n) is 4.86. The fraction of sp³-hybridized carbons (Fsp3) is 0.208. The molecule has 0 saturated heterocycles. The number of ether oxygens (including phenoxy) is 2. The van der Waals surface area contributed by atoms with Crippen molar-refractivity contribution in [2.75, 3.05) is 17.1 Å². The summed E-state index contributed by atoms with van der Waals surface area (Å²) in [4.78, 5) is 12.7. The first-order chi connectivity index (χ1) is 15.7. The number of hydrogen-bond donors (Lipinski definition) is 2. The molecule has 0 saturated carbocycles. The summed E-state index contributed by atoms with van der Waals surface area (Å²) in [5, 5.41) is 3.19. The zero-order chi connectivity index (χ0) is 24.0. The summed E-state index contributed by atoms with van der Waals surface area (Å²) >= 11 is 5.97. The number of carbonyl (C=O) groups excluding carboxylic acids is 1. The SMILES string of the molecule is CCC(Oc1cccc(OC)c1)C(=O)Nc1ccc(S(=O)(=O)Nc2cc(Cl)ccc2C)cc1. The Hall–Kier alpha value is -3.23. The van der Waals surface area contributed by atoms with Crippen LogP contribution in [0.25, 0.3) is 0 Å². The highest BCUT2D eigenvalue weighted by Crippen LogP contribution is 2.25. The largest absolute Gasteiger partial charge is 0.497 e. The minimum absolute atomic E-state index is 0.0551. The topological polar surface area (TPSA) is 93.7 Å². The predicted molar refractivity (Wildman–Crippen MR) is 130 cm³/mol. The molecule has 0 aromatic heterocycles. The number of rotatable bonds is 9. The molecule has 0 aliphatic rings. The van der Waals surface area contributed by atoms with Gasteiger partial charge in [0.1, 0.15) is 11.5 Å². The Labute approximate surface area is 198 Å². The van der Waals surface area contributed by atoms with Crippen molar-refractivity contribution in [1.82, 2.24) is 0 Å². The number of methoxy groups -OCH3 is 1. The van der Waals surface area contributed by atoms with Gasteiger partial charge in [0.05, 0.1) is 17.7 Å². The third-order valence-corrected chi connectivity index (χ3v) is 6.48. The average molecular weight is 489 g/mol. The van der Waals surface area contributed by atoms with Gasteiger partial charge in [-0.05, 0) is 67.4 Å². The number of benzene rings is 3. The van der Waals surface area contributed by atoms with Crippen LogP contribution in [0.15, 0.2) is 71.6 Å². The molecule has 7 nitrogen and oxygen atoms in total. The molecule has 0 spiro atoms. The van der Waals surface area contributed by atoms with Gasteiger partial charge >= 0.3 is 0 Å². The van der Waals surface area contributed by atoms with Gasteiger partial charge in [0.25, 0.3) is 15.9 Å². The first kappa shape index (κ1) is 24.4. The van der Waals surface area contributed by atoms with Gasteiger partial charge < -0.3 is 14.8 Å². The van der Waals surface area contributed by atoms with Crippen molar-refractivity contribution in [2.45, 2.75) is 31.3 Å². The Kier molecular flexibility index (Phi) is 7.84. The highest BCUT2D eigenvalue weighted by atomic mass is 35.5. The summed E-state index contributed by atoms with van der Waals surface area (Å²) in [7, 11) is -2.27. The van der Waals surface area contributed by atoms with Gasteiger partial charge in [0.15, 0.2) is 6.10 Å². The van der Waals surface area contributed by atoms with Crippen LogP contribution in [-0.2, 0) is 14.8 Å². The van der Waals surface area contributed by atoms with Crippen LogP contribution < -0.4 is 19.5 Å². The molecule has 0 aliphatic carbocycles. The number of sulfonamides is 1. The Morgan fingerprint density at radius 3 is 2.39 bits per heavy atom. The van der Waals surface area contributed by atoms with E-state index in [9.17, 15) is 13.2 Å². The van der Waals surface area contributed by atoms with E-state index < -0.39 is 16.1 Å². The van der Waals surface area contributed by atoms with Gasteiger partial charge in [-0.3, -0.25) is 9.52 Å². The molecule has 1 unspecified atom stereocenters. The molecule has 0 heterocycles. The summed E-state index contributed by atoms with van der Waals surface area (Å²) in [6.07, 6.45) is -0.286. The van der Waals surface area contributed by atoms with E-state index in [4.69, 9.17) is 21.1 Å². The molecule has 174 valence electrons. The van der Waals surface area contributed by atoms with E-state index in [1.54, 1.807) is 56.5 Å². The normalized spacial score (nSPS) is 12.0. The zero-order valence-corrected chi connectivity index (χ0v) is 20.0. The van der Waals surface area contributed by atoms with Gasteiger partial charge in [0, 0.05) is 16.8 Å². The van der Waals surface area contributed by atoms with Crippen LogP contribution in [0.5, 0.6) is 11.5 Å². The molecule has 33 heavy (non-hydrogen) atoms. The van der Waals surface area contributed by atoms with Gasteiger partial charge in [-0.15, -0.1) is 0 Å². The van der Waals surface area contributed by atoms with E-state index in [0.717, 1.165) is 5.56 Å². The minimum atomic E-state index is -3.82. The summed E-state index contributed by atoms with van der Waals surface area (Å²) in [6, 6.07) is 17.9. The molecule has 1 atom stereocenters.